The van der Waals surface area contributed by atoms with Gasteiger partial charge in [-0.05, 0) is 61.0 Å². The summed E-state index contributed by atoms with van der Waals surface area (Å²) in [4.78, 5) is 0. The summed E-state index contributed by atoms with van der Waals surface area (Å²) < 4.78 is 12.2. The van der Waals surface area contributed by atoms with Crippen LogP contribution in [0.2, 0.25) is 0 Å². The van der Waals surface area contributed by atoms with Crippen molar-refractivity contribution in [3.05, 3.63) is 58.6 Å². The summed E-state index contributed by atoms with van der Waals surface area (Å²) in [6.45, 7) is 2.67. The molecule has 2 aromatic rings. The Kier molecular flexibility index (Phi) is 5.63. The highest BCUT2D eigenvalue weighted by Crippen LogP contribution is 2.16. The van der Waals surface area contributed by atoms with E-state index in [1.54, 1.807) is 6.92 Å². The summed E-state index contributed by atoms with van der Waals surface area (Å²) in [5, 5.41) is 11.8. The Balaban J connectivity index is 1.77. The van der Waals surface area contributed by atoms with E-state index >= 15 is 0 Å². The lowest BCUT2D eigenvalue weighted by atomic mass is 10.1. The molecule has 0 saturated carbocycles. The lowest BCUT2D eigenvalue weighted by molar-refractivity contribution is 0.217. The van der Waals surface area contributed by atoms with Crippen LogP contribution < -0.4 is 9.47 Å². The van der Waals surface area contributed by atoms with E-state index in [2.05, 4.69) is 21.1 Å². The first-order valence-electron chi connectivity index (χ1n) is 6.49. The number of benzene rings is 2. The molecule has 0 atom stereocenters. The Morgan fingerprint density at radius 1 is 0.952 bits per heavy atom. The summed E-state index contributed by atoms with van der Waals surface area (Å²) >= 11 is 3.37. The van der Waals surface area contributed by atoms with Crippen LogP contribution in [0, 0.1) is 0 Å². The first-order valence-corrected chi connectivity index (χ1v) is 7.28. The van der Waals surface area contributed by atoms with Gasteiger partial charge < -0.3 is 14.7 Å². The first-order chi connectivity index (χ1) is 10.2. The third kappa shape index (κ3) is 4.79. The minimum atomic E-state index is 0.461. The van der Waals surface area contributed by atoms with Gasteiger partial charge in [-0.25, -0.2) is 0 Å². The fourth-order valence-electron chi connectivity index (χ4n) is 1.70. The summed E-state index contributed by atoms with van der Waals surface area (Å²) in [6.07, 6.45) is 0. The number of hydrogen-bond donors (Lipinski definition) is 1. The number of nitrogens with zero attached hydrogens (tertiary/aromatic N) is 1. The Morgan fingerprint density at radius 2 is 1.43 bits per heavy atom. The van der Waals surface area contributed by atoms with Crippen LogP contribution >= 0.6 is 15.9 Å². The minimum absolute atomic E-state index is 0.461. The fourth-order valence-corrected chi connectivity index (χ4v) is 1.96. The van der Waals surface area contributed by atoms with E-state index in [4.69, 9.17) is 14.7 Å². The molecule has 0 aliphatic carbocycles. The van der Waals surface area contributed by atoms with Gasteiger partial charge in [0.25, 0.3) is 0 Å². The quantitative estimate of drug-likeness (QED) is 0.369. The lowest BCUT2D eigenvalue weighted by Crippen LogP contribution is -2.09. The van der Waals surface area contributed by atoms with Gasteiger partial charge in [0.15, 0.2) is 0 Å². The molecule has 0 aromatic heterocycles. The van der Waals surface area contributed by atoms with Gasteiger partial charge >= 0.3 is 0 Å². The third-order valence-corrected chi connectivity index (χ3v) is 3.39. The number of rotatable bonds is 6. The van der Waals surface area contributed by atoms with E-state index in [0.717, 1.165) is 21.5 Å². The van der Waals surface area contributed by atoms with Crippen molar-refractivity contribution >= 4 is 21.6 Å². The van der Waals surface area contributed by atoms with Gasteiger partial charge in [0.2, 0.25) is 0 Å². The molecule has 1 N–H and O–H groups in total. The summed E-state index contributed by atoms with van der Waals surface area (Å²) in [5.41, 5.74) is 1.43. The van der Waals surface area contributed by atoms with Crippen molar-refractivity contribution < 1.29 is 14.7 Å². The maximum Gasteiger partial charge on any atom is 0.122 e. The van der Waals surface area contributed by atoms with Crippen LogP contribution in [0.4, 0.5) is 0 Å². The first kappa shape index (κ1) is 15.4. The predicted octanol–water partition coefficient (Wildman–Crippen LogP) is 4.11. The van der Waals surface area contributed by atoms with Crippen molar-refractivity contribution in [3.8, 4) is 11.5 Å². The van der Waals surface area contributed by atoms with Gasteiger partial charge in [-0.15, -0.1) is 0 Å². The molecule has 0 amide bonds. The average molecular weight is 350 g/mol. The Bertz CT molecular complexity index is 594. The second-order valence-electron chi connectivity index (χ2n) is 4.36. The largest absolute Gasteiger partial charge is 0.490 e. The smallest absolute Gasteiger partial charge is 0.122 e. The molecule has 2 rings (SSSR count). The summed E-state index contributed by atoms with van der Waals surface area (Å²) in [5.74, 6) is 1.57. The average Bonchev–Trinajstić information content (AvgIpc) is 2.53. The Labute approximate surface area is 132 Å². The van der Waals surface area contributed by atoms with Crippen molar-refractivity contribution in [2.24, 2.45) is 5.16 Å². The molecule has 0 heterocycles. The van der Waals surface area contributed by atoms with Crippen molar-refractivity contribution in [3.63, 3.8) is 0 Å². The van der Waals surface area contributed by atoms with Gasteiger partial charge in [0.1, 0.15) is 24.7 Å². The van der Waals surface area contributed by atoms with Crippen molar-refractivity contribution in [1.82, 2.24) is 0 Å². The van der Waals surface area contributed by atoms with E-state index < -0.39 is 0 Å². The van der Waals surface area contributed by atoms with Crippen molar-refractivity contribution in [1.29, 1.82) is 0 Å². The third-order valence-electron chi connectivity index (χ3n) is 2.86. The van der Waals surface area contributed by atoms with Crippen LogP contribution in [0.5, 0.6) is 11.5 Å². The second-order valence-corrected chi connectivity index (χ2v) is 5.28. The van der Waals surface area contributed by atoms with E-state index in [9.17, 15) is 0 Å². The van der Waals surface area contributed by atoms with Crippen molar-refractivity contribution in [2.45, 2.75) is 6.92 Å². The highest BCUT2D eigenvalue weighted by molar-refractivity contribution is 9.10. The van der Waals surface area contributed by atoms with Crippen LogP contribution in [0.15, 0.2) is 58.2 Å². The molecule has 2 aromatic carbocycles. The van der Waals surface area contributed by atoms with Gasteiger partial charge in [-0.2, -0.15) is 0 Å². The number of ether oxygens (including phenoxy) is 2. The predicted molar refractivity (Wildman–Crippen MR) is 85.6 cm³/mol. The Hall–Kier alpha value is -2.01. The van der Waals surface area contributed by atoms with Gasteiger partial charge in [-0.3, -0.25) is 0 Å². The number of hydrogen-bond acceptors (Lipinski definition) is 4. The van der Waals surface area contributed by atoms with Crippen LogP contribution in [-0.4, -0.2) is 24.1 Å². The molecular weight excluding hydrogens is 334 g/mol. The molecule has 0 aliphatic rings. The summed E-state index contributed by atoms with van der Waals surface area (Å²) in [6, 6.07) is 15.0. The normalized spacial score (nSPS) is 11.2. The maximum atomic E-state index is 8.69. The second kappa shape index (κ2) is 7.69. The minimum Gasteiger partial charge on any atom is -0.490 e. The molecular formula is C16H16BrNO3. The van der Waals surface area contributed by atoms with Gasteiger partial charge in [0, 0.05) is 4.47 Å². The molecule has 110 valence electrons. The lowest BCUT2D eigenvalue weighted by Gasteiger charge is -2.09. The van der Waals surface area contributed by atoms with E-state index in [-0.39, 0.29) is 0 Å². The molecule has 0 aliphatic heterocycles. The fraction of sp³-hybridized carbons (Fsp3) is 0.188. The monoisotopic (exact) mass is 349 g/mol. The van der Waals surface area contributed by atoms with Crippen LogP contribution in [0.25, 0.3) is 0 Å². The van der Waals surface area contributed by atoms with Crippen LogP contribution in [0.1, 0.15) is 12.5 Å². The highest BCUT2D eigenvalue weighted by Gasteiger charge is 1.99. The van der Waals surface area contributed by atoms with Gasteiger partial charge in [-0.1, -0.05) is 21.1 Å². The summed E-state index contributed by atoms with van der Waals surface area (Å²) in [7, 11) is 0. The van der Waals surface area contributed by atoms with E-state index in [0.29, 0.717) is 18.9 Å². The number of halogens is 1. The van der Waals surface area contributed by atoms with Crippen LogP contribution in [0.3, 0.4) is 0 Å². The molecule has 0 unspecified atom stereocenters. The highest BCUT2D eigenvalue weighted by atomic mass is 79.9. The molecule has 0 spiro atoms. The zero-order chi connectivity index (χ0) is 15.1. The molecule has 21 heavy (non-hydrogen) atoms. The molecule has 5 heteroatoms. The van der Waals surface area contributed by atoms with Gasteiger partial charge in [0.05, 0.1) is 5.71 Å². The molecule has 0 bridgehead atoms. The molecule has 4 nitrogen and oxygen atoms in total. The SMILES string of the molecule is C/C(=N/O)c1ccc(OCCOc2ccc(Br)cc2)cc1. The van der Waals surface area contributed by atoms with Crippen LogP contribution in [-0.2, 0) is 0 Å². The van der Waals surface area contributed by atoms with E-state index in [1.165, 1.54) is 0 Å². The topological polar surface area (TPSA) is 51.1 Å². The maximum absolute atomic E-state index is 8.69. The Morgan fingerprint density at radius 3 is 1.90 bits per heavy atom. The number of oxime groups is 1. The van der Waals surface area contributed by atoms with E-state index in [1.807, 2.05) is 48.5 Å². The zero-order valence-corrected chi connectivity index (χ0v) is 13.2. The standard InChI is InChI=1S/C16H16BrNO3/c1-12(18-19)13-2-6-15(7-3-13)20-10-11-21-16-8-4-14(17)5-9-16/h2-9,19H,10-11H2,1H3/b18-12-. The molecule has 0 fully saturated rings. The zero-order valence-electron chi connectivity index (χ0n) is 11.6. The van der Waals surface area contributed by atoms with Crippen molar-refractivity contribution in [2.75, 3.05) is 13.2 Å². The molecule has 0 saturated heterocycles. The molecule has 0 radical (unpaired) electrons.